The molecule has 28 heavy (non-hydrogen) atoms. The van der Waals surface area contributed by atoms with Crippen LogP contribution in [-0.2, 0) is 4.79 Å². The minimum atomic E-state index is -5.01. The van der Waals surface area contributed by atoms with Gasteiger partial charge in [-0.3, -0.25) is 9.48 Å². The van der Waals surface area contributed by atoms with E-state index in [-0.39, 0.29) is 37.1 Å². The van der Waals surface area contributed by atoms with Gasteiger partial charge in [-0.1, -0.05) is 6.92 Å². The Bertz CT molecular complexity index is 696. The molecule has 2 N–H and O–H groups in total. The number of aliphatic hydroxyl groups is 2. The van der Waals surface area contributed by atoms with Gasteiger partial charge in [-0.25, -0.2) is 0 Å². The van der Waals surface area contributed by atoms with E-state index in [1.165, 1.54) is 0 Å². The summed E-state index contributed by atoms with van der Waals surface area (Å²) in [7, 11) is 0. The highest BCUT2D eigenvalue weighted by atomic mass is 19.4. The van der Waals surface area contributed by atoms with Crippen LogP contribution in [0.15, 0.2) is 12.3 Å². The summed E-state index contributed by atoms with van der Waals surface area (Å²) in [5, 5.41) is 23.9. The van der Waals surface area contributed by atoms with Crippen molar-refractivity contribution in [3.05, 3.63) is 18.0 Å². The van der Waals surface area contributed by atoms with Crippen molar-refractivity contribution in [3.8, 4) is 0 Å². The molecule has 158 valence electrons. The zero-order valence-electron chi connectivity index (χ0n) is 16.2. The molecule has 1 amide bonds. The second kappa shape index (κ2) is 7.67. The third-order valence-corrected chi connectivity index (χ3v) is 6.25. The first kappa shape index (κ1) is 21.1. The molecule has 1 saturated carbocycles. The molecule has 2 aliphatic rings. The number of nitrogens with zero attached hydrogens (tertiary/aromatic N) is 3. The number of amides is 1. The van der Waals surface area contributed by atoms with E-state index in [0.29, 0.717) is 13.3 Å². The number of halogens is 3. The Morgan fingerprint density at radius 1 is 1.21 bits per heavy atom. The number of aliphatic hydroxyl groups excluding tert-OH is 1. The van der Waals surface area contributed by atoms with Crippen LogP contribution in [0.25, 0.3) is 0 Å². The van der Waals surface area contributed by atoms with Crippen LogP contribution in [0.1, 0.15) is 63.6 Å². The van der Waals surface area contributed by atoms with Crippen molar-refractivity contribution >= 4 is 5.91 Å². The summed E-state index contributed by atoms with van der Waals surface area (Å²) >= 11 is 0. The number of piperidine rings is 1. The smallest absolute Gasteiger partial charge is 0.393 e. The van der Waals surface area contributed by atoms with Gasteiger partial charge in [-0.2, -0.15) is 18.3 Å². The Morgan fingerprint density at radius 3 is 2.43 bits per heavy atom. The third kappa shape index (κ3) is 3.91. The summed E-state index contributed by atoms with van der Waals surface area (Å²) in [5.41, 5.74) is -2.34. The highest BCUT2D eigenvalue weighted by molar-refractivity contribution is 5.85. The average Bonchev–Trinajstić information content (AvgIpc) is 3.10. The van der Waals surface area contributed by atoms with Crippen molar-refractivity contribution in [1.29, 1.82) is 0 Å². The van der Waals surface area contributed by atoms with E-state index in [1.807, 2.05) is 17.7 Å². The van der Waals surface area contributed by atoms with Gasteiger partial charge in [-0.05, 0) is 51.0 Å². The first-order valence-electron chi connectivity index (χ1n) is 9.82. The molecule has 1 aliphatic heterocycles. The largest absolute Gasteiger partial charge is 0.426 e. The molecule has 3 rings (SSSR count). The lowest BCUT2D eigenvalue weighted by atomic mass is 9.83. The second-order valence-electron chi connectivity index (χ2n) is 8.36. The summed E-state index contributed by atoms with van der Waals surface area (Å²) < 4.78 is 41.0. The Labute approximate surface area is 162 Å². The van der Waals surface area contributed by atoms with E-state index in [4.69, 9.17) is 0 Å². The van der Waals surface area contributed by atoms with Crippen molar-refractivity contribution < 1.29 is 28.2 Å². The fraction of sp³-hybridized carbons (Fsp3) is 0.789. The molecule has 1 aliphatic carbocycles. The number of likely N-dealkylation sites (tertiary alicyclic amines) is 1. The Kier molecular flexibility index (Phi) is 5.78. The van der Waals surface area contributed by atoms with Crippen molar-refractivity contribution in [2.24, 2.45) is 5.92 Å². The lowest BCUT2D eigenvalue weighted by molar-refractivity contribution is -0.250. The number of carbonyl (C=O) groups excluding carboxylic acids is 1. The molecular formula is C19H28F3N3O3. The van der Waals surface area contributed by atoms with Crippen LogP contribution in [-0.4, -0.2) is 61.8 Å². The van der Waals surface area contributed by atoms with Gasteiger partial charge in [0.05, 0.1) is 12.1 Å². The molecule has 0 unspecified atom stereocenters. The van der Waals surface area contributed by atoms with Gasteiger partial charge in [-0.15, -0.1) is 0 Å². The van der Waals surface area contributed by atoms with Crippen LogP contribution >= 0.6 is 0 Å². The molecule has 1 aromatic heterocycles. The Hall–Kier alpha value is -1.61. The van der Waals surface area contributed by atoms with Crippen LogP contribution in [0.4, 0.5) is 13.2 Å². The second-order valence-corrected chi connectivity index (χ2v) is 8.36. The zero-order valence-corrected chi connectivity index (χ0v) is 16.2. The van der Waals surface area contributed by atoms with E-state index < -0.39 is 17.7 Å². The van der Waals surface area contributed by atoms with Gasteiger partial charge >= 0.3 is 6.18 Å². The van der Waals surface area contributed by atoms with E-state index >= 15 is 0 Å². The number of hydrogen-bond acceptors (Lipinski definition) is 4. The van der Waals surface area contributed by atoms with E-state index in [9.17, 15) is 28.2 Å². The third-order valence-electron chi connectivity index (χ3n) is 6.25. The minimum Gasteiger partial charge on any atom is -0.393 e. The van der Waals surface area contributed by atoms with Gasteiger partial charge in [0.15, 0.2) is 0 Å². The predicted molar refractivity (Wildman–Crippen MR) is 95.5 cm³/mol. The van der Waals surface area contributed by atoms with Crippen molar-refractivity contribution in [3.63, 3.8) is 0 Å². The van der Waals surface area contributed by atoms with Gasteiger partial charge in [0.1, 0.15) is 0 Å². The summed E-state index contributed by atoms with van der Waals surface area (Å²) in [6.45, 7) is 2.74. The van der Waals surface area contributed by atoms with Gasteiger partial charge in [0, 0.05) is 30.9 Å². The highest BCUT2D eigenvalue weighted by Crippen LogP contribution is 2.38. The number of alkyl halides is 3. The molecule has 0 spiro atoms. The zero-order chi connectivity index (χ0) is 20.7. The maximum atomic E-state index is 13.0. The van der Waals surface area contributed by atoms with Gasteiger partial charge < -0.3 is 15.1 Å². The molecular weight excluding hydrogens is 375 g/mol. The maximum absolute atomic E-state index is 13.0. The summed E-state index contributed by atoms with van der Waals surface area (Å²) in [4.78, 5) is 13.4. The van der Waals surface area contributed by atoms with Crippen LogP contribution < -0.4 is 0 Å². The van der Waals surface area contributed by atoms with Crippen LogP contribution in [0.2, 0.25) is 0 Å². The number of rotatable bonds is 3. The highest BCUT2D eigenvalue weighted by Gasteiger charge is 2.57. The van der Waals surface area contributed by atoms with Crippen molar-refractivity contribution in [2.45, 2.75) is 75.8 Å². The predicted octanol–water partition coefficient (Wildman–Crippen LogP) is 2.62. The lowest BCUT2D eigenvalue weighted by Gasteiger charge is -2.40. The molecule has 0 aromatic carbocycles. The topological polar surface area (TPSA) is 78.6 Å². The monoisotopic (exact) mass is 403 g/mol. The van der Waals surface area contributed by atoms with Crippen LogP contribution in [0.3, 0.4) is 0 Å². The summed E-state index contributed by atoms with van der Waals surface area (Å²) in [6.07, 6.45) is 0.143. The summed E-state index contributed by atoms with van der Waals surface area (Å²) in [5.74, 6) is -1.28. The lowest BCUT2D eigenvalue weighted by Crippen LogP contribution is -2.58. The first-order chi connectivity index (χ1) is 13.0. The number of aromatic nitrogens is 2. The molecule has 1 saturated heterocycles. The summed E-state index contributed by atoms with van der Waals surface area (Å²) in [6, 6.07) is 2.15. The molecule has 2 heterocycles. The van der Waals surface area contributed by atoms with Crippen molar-refractivity contribution in [1.82, 2.24) is 14.7 Å². The number of hydrogen-bond donors (Lipinski definition) is 2. The molecule has 0 bridgehead atoms. The molecule has 3 atom stereocenters. The van der Waals surface area contributed by atoms with Crippen LogP contribution in [0.5, 0.6) is 0 Å². The quantitative estimate of drug-likeness (QED) is 0.813. The van der Waals surface area contributed by atoms with Crippen LogP contribution in [0, 0.1) is 5.92 Å². The molecule has 9 heteroatoms. The number of carbonyl (C=O) groups is 1. The van der Waals surface area contributed by atoms with E-state index in [0.717, 1.165) is 36.3 Å². The maximum Gasteiger partial charge on any atom is 0.426 e. The minimum absolute atomic E-state index is 0.0636. The fourth-order valence-electron chi connectivity index (χ4n) is 4.42. The standard InChI is InChI=1S/C19H28F3N3O3/c1-12-11-24(17(27)18(2,28)19(20,21)22)10-8-15(12)16-7-9-23-25(16)13-3-5-14(26)6-4-13/h7,9,12-15,26,28H,3-6,8,10-11H2,1-2H3/t12-,13-,14-,15+,18-/m1/s1. The normalized spacial score (nSPS) is 31.5. The van der Waals surface area contributed by atoms with E-state index in [1.54, 1.807) is 6.20 Å². The fourth-order valence-corrected chi connectivity index (χ4v) is 4.42. The molecule has 1 aromatic rings. The molecule has 0 radical (unpaired) electrons. The first-order valence-corrected chi connectivity index (χ1v) is 9.82. The van der Waals surface area contributed by atoms with Gasteiger partial charge in [0.2, 0.25) is 5.60 Å². The van der Waals surface area contributed by atoms with Crippen molar-refractivity contribution in [2.75, 3.05) is 13.1 Å². The Balaban J connectivity index is 1.70. The van der Waals surface area contributed by atoms with E-state index in [2.05, 4.69) is 5.10 Å². The average molecular weight is 403 g/mol. The van der Waals surface area contributed by atoms with Gasteiger partial charge in [0.25, 0.3) is 5.91 Å². The molecule has 6 nitrogen and oxygen atoms in total. The SMILES string of the molecule is C[C@@H]1CN(C(=O)[C@@](C)(O)C(F)(F)F)CC[C@@H]1c1ccnn1[C@H]1CC[C@H](O)CC1. The Morgan fingerprint density at radius 2 is 1.86 bits per heavy atom. The molecule has 2 fully saturated rings.